The third-order valence-electron chi connectivity index (χ3n) is 2.46. The molecule has 16 heavy (non-hydrogen) atoms. The largest absolute Gasteiger partial charge is 0.369 e. The first kappa shape index (κ1) is 12.7. The second-order valence-electron chi connectivity index (χ2n) is 3.67. The molecular formula is C14H18O2. The normalized spacial score (nSPS) is 12.1. The average Bonchev–Trinajstić information content (AvgIpc) is 2.32. The zero-order valence-corrected chi connectivity index (χ0v) is 9.69. The highest BCUT2D eigenvalue weighted by Crippen LogP contribution is 2.19. The van der Waals surface area contributed by atoms with Crippen LogP contribution in [0.4, 0.5) is 0 Å². The number of rotatable bonds is 7. The molecule has 0 bridgehead atoms. The first-order valence-corrected chi connectivity index (χ1v) is 5.51. The predicted octanol–water partition coefficient (Wildman–Crippen LogP) is 3.30. The summed E-state index contributed by atoms with van der Waals surface area (Å²) in [4.78, 5) is 11.9. The van der Waals surface area contributed by atoms with Crippen molar-refractivity contribution in [1.82, 2.24) is 0 Å². The molecule has 0 radical (unpaired) electrons. The fourth-order valence-electron chi connectivity index (χ4n) is 1.63. The zero-order chi connectivity index (χ0) is 11.8. The Kier molecular flexibility index (Phi) is 5.51. The standard InChI is InChI=1S/C14H18O2/c1-3-4-6-11-13(15)14(16-2)12-9-7-5-8-10-12/h3,5,7-10,14H,1,4,6,11H2,2H3. The lowest BCUT2D eigenvalue weighted by molar-refractivity contribution is -0.129. The van der Waals surface area contributed by atoms with Gasteiger partial charge in [0.1, 0.15) is 6.10 Å². The van der Waals surface area contributed by atoms with Gasteiger partial charge in [-0.1, -0.05) is 36.4 Å². The highest BCUT2D eigenvalue weighted by molar-refractivity contribution is 5.84. The van der Waals surface area contributed by atoms with Crippen molar-refractivity contribution in [2.75, 3.05) is 7.11 Å². The average molecular weight is 218 g/mol. The zero-order valence-electron chi connectivity index (χ0n) is 9.69. The Morgan fingerprint density at radius 2 is 2.12 bits per heavy atom. The molecule has 1 aromatic rings. The van der Waals surface area contributed by atoms with Crippen molar-refractivity contribution in [2.24, 2.45) is 0 Å². The first-order valence-electron chi connectivity index (χ1n) is 5.51. The Bertz CT molecular complexity index is 330. The van der Waals surface area contributed by atoms with Crippen molar-refractivity contribution in [3.8, 4) is 0 Å². The van der Waals surface area contributed by atoms with E-state index in [9.17, 15) is 4.79 Å². The van der Waals surface area contributed by atoms with Crippen molar-refractivity contribution in [3.05, 3.63) is 48.6 Å². The van der Waals surface area contributed by atoms with E-state index >= 15 is 0 Å². The van der Waals surface area contributed by atoms with Gasteiger partial charge in [0.25, 0.3) is 0 Å². The molecular weight excluding hydrogens is 200 g/mol. The maximum atomic E-state index is 11.9. The molecule has 0 aromatic heterocycles. The molecule has 0 aliphatic carbocycles. The van der Waals surface area contributed by atoms with E-state index in [1.165, 1.54) is 0 Å². The fourth-order valence-corrected chi connectivity index (χ4v) is 1.63. The topological polar surface area (TPSA) is 26.3 Å². The van der Waals surface area contributed by atoms with E-state index in [2.05, 4.69) is 6.58 Å². The Hall–Kier alpha value is -1.41. The lowest BCUT2D eigenvalue weighted by atomic mass is 10.0. The summed E-state index contributed by atoms with van der Waals surface area (Å²) in [7, 11) is 1.57. The van der Waals surface area contributed by atoms with E-state index in [4.69, 9.17) is 4.74 Å². The fraction of sp³-hybridized carbons (Fsp3) is 0.357. The molecule has 2 nitrogen and oxygen atoms in total. The van der Waals surface area contributed by atoms with E-state index in [1.54, 1.807) is 7.11 Å². The summed E-state index contributed by atoms with van der Waals surface area (Å²) in [5, 5.41) is 0. The van der Waals surface area contributed by atoms with Crippen molar-refractivity contribution < 1.29 is 9.53 Å². The highest BCUT2D eigenvalue weighted by atomic mass is 16.5. The number of ether oxygens (including phenoxy) is 1. The van der Waals surface area contributed by atoms with Crippen molar-refractivity contribution in [3.63, 3.8) is 0 Å². The summed E-state index contributed by atoms with van der Waals surface area (Å²) in [6, 6.07) is 9.59. The molecule has 1 rings (SSSR count). The van der Waals surface area contributed by atoms with Gasteiger partial charge in [-0.25, -0.2) is 0 Å². The lowest BCUT2D eigenvalue weighted by Crippen LogP contribution is -2.14. The number of hydrogen-bond acceptors (Lipinski definition) is 2. The van der Waals surface area contributed by atoms with Crippen LogP contribution in [0, 0.1) is 0 Å². The number of ketones is 1. The summed E-state index contributed by atoms with van der Waals surface area (Å²) in [6.45, 7) is 3.64. The molecule has 0 amide bonds. The van der Waals surface area contributed by atoms with Gasteiger partial charge in [0, 0.05) is 13.5 Å². The van der Waals surface area contributed by atoms with Crippen LogP contribution in [0.3, 0.4) is 0 Å². The molecule has 0 fully saturated rings. The summed E-state index contributed by atoms with van der Waals surface area (Å²) in [5.74, 6) is 0.135. The summed E-state index contributed by atoms with van der Waals surface area (Å²) in [6.07, 6.45) is 3.66. The SMILES string of the molecule is C=CCCCC(=O)C(OC)c1ccccc1. The van der Waals surface area contributed by atoms with Crippen LogP contribution in [-0.2, 0) is 9.53 Å². The summed E-state index contributed by atoms with van der Waals surface area (Å²) in [5.41, 5.74) is 0.925. The molecule has 1 unspecified atom stereocenters. The molecule has 1 aromatic carbocycles. The minimum absolute atomic E-state index is 0.135. The predicted molar refractivity (Wildman–Crippen MR) is 65.2 cm³/mol. The van der Waals surface area contributed by atoms with Crippen LogP contribution in [0.15, 0.2) is 43.0 Å². The van der Waals surface area contributed by atoms with Gasteiger partial charge in [-0.05, 0) is 18.4 Å². The highest BCUT2D eigenvalue weighted by Gasteiger charge is 2.18. The molecule has 0 spiro atoms. The maximum absolute atomic E-state index is 11.9. The number of unbranched alkanes of at least 4 members (excludes halogenated alkanes) is 1. The van der Waals surface area contributed by atoms with Crippen LogP contribution in [0.2, 0.25) is 0 Å². The number of Topliss-reactive ketones (excluding diaryl/α,β-unsaturated/α-hetero) is 1. The van der Waals surface area contributed by atoms with Crippen LogP contribution in [-0.4, -0.2) is 12.9 Å². The second kappa shape index (κ2) is 6.96. The van der Waals surface area contributed by atoms with E-state index in [-0.39, 0.29) is 5.78 Å². The van der Waals surface area contributed by atoms with Crippen LogP contribution in [0.25, 0.3) is 0 Å². The molecule has 0 heterocycles. The lowest BCUT2D eigenvalue weighted by Gasteiger charge is -2.14. The molecule has 86 valence electrons. The number of allylic oxidation sites excluding steroid dienone is 1. The molecule has 0 N–H and O–H groups in total. The molecule has 0 saturated heterocycles. The summed E-state index contributed by atoms with van der Waals surface area (Å²) >= 11 is 0. The molecule has 2 heteroatoms. The summed E-state index contributed by atoms with van der Waals surface area (Å²) < 4.78 is 5.25. The van der Waals surface area contributed by atoms with E-state index < -0.39 is 6.10 Å². The maximum Gasteiger partial charge on any atom is 0.166 e. The third-order valence-corrected chi connectivity index (χ3v) is 2.46. The van der Waals surface area contributed by atoms with Crippen LogP contribution in [0.1, 0.15) is 30.9 Å². The Morgan fingerprint density at radius 3 is 2.69 bits per heavy atom. The number of hydrogen-bond donors (Lipinski definition) is 0. The van der Waals surface area contributed by atoms with E-state index in [0.717, 1.165) is 18.4 Å². The van der Waals surface area contributed by atoms with Crippen molar-refractivity contribution in [2.45, 2.75) is 25.4 Å². The van der Waals surface area contributed by atoms with Crippen molar-refractivity contribution >= 4 is 5.78 Å². The van der Waals surface area contributed by atoms with Gasteiger partial charge in [0.2, 0.25) is 0 Å². The van der Waals surface area contributed by atoms with Gasteiger partial charge >= 0.3 is 0 Å². The van der Waals surface area contributed by atoms with Crippen LogP contribution < -0.4 is 0 Å². The molecule has 0 saturated carbocycles. The van der Waals surface area contributed by atoms with Gasteiger partial charge < -0.3 is 4.74 Å². The minimum Gasteiger partial charge on any atom is -0.369 e. The van der Waals surface area contributed by atoms with Crippen LogP contribution >= 0.6 is 0 Å². The Labute approximate surface area is 96.9 Å². The van der Waals surface area contributed by atoms with Gasteiger partial charge in [0.15, 0.2) is 5.78 Å². The van der Waals surface area contributed by atoms with Gasteiger partial charge in [-0.3, -0.25) is 4.79 Å². The van der Waals surface area contributed by atoms with Gasteiger partial charge in [0.05, 0.1) is 0 Å². The van der Waals surface area contributed by atoms with Crippen LogP contribution in [0.5, 0.6) is 0 Å². The third kappa shape index (κ3) is 3.63. The second-order valence-corrected chi connectivity index (χ2v) is 3.67. The van der Waals surface area contributed by atoms with E-state index in [0.29, 0.717) is 6.42 Å². The van der Waals surface area contributed by atoms with E-state index in [1.807, 2.05) is 36.4 Å². The van der Waals surface area contributed by atoms with Crippen molar-refractivity contribution in [1.29, 1.82) is 0 Å². The molecule has 0 aliphatic heterocycles. The van der Waals surface area contributed by atoms with Gasteiger partial charge in [-0.2, -0.15) is 0 Å². The Balaban J connectivity index is 2.60. The molecule has 0 aliphatic rings. The quantitative estimate of drug-likeness (QED) is 0.518. The number of carbonyl (C=O) groups is 1. The number of carbonyl (C=O) groups excluding carboxylic acids is 1. The Morgan fingerprint density at radius 1 is 1.44 bits per heavy atom. The smallest absolute Gasteiger partial charge is 0.166 e. The van der Waals surface area contributed by atoms with Gasteiger partial charge in [-0.15, -0.1) is 6.58 Å². The monoisotopic (exact) mass is 218 g/mol. The molecule has 1 atom stereocenters. The minimum atomic E-state index is -0.425. The number of benzene rings is 1. The number of methoxy groups -OCH3 is 1. The first-order chi connectivity index (χ1) is 7.79.